The van der Waals surface area contributed by atoms with Crippen LogP contribution in [-0.2, 0) is 9.57 Å². The van der Waals surface area contributed by atoms with E-state index in [1.54, 1.807) is 20.8 Å². The number of hydrogen-bond acceptors (Lipinski definition) is 7. The Hall–Kier alpha value is -2.10. The summed E-state index contributed by atoms with van der Waals surface area (Å²) in [6, 6.07) is -0.723. The average molecular weight is 357 g/mol. The number of oxime groups is 1. The lowest BCUT2D eigenvalue weighted by atomic mass is 10.1. The normalized spacial score (nSPS) is 17.7. The lowest BCUT2D eigenvalue weighted by Gasteiger charge is -2.24. The number of amidine groups is 1. The van der Waals surface area contributed by atoms with E-state index in [9.17, 15) is 9.50 Å². The fourth-order valence-corrected chi connectivity index (χ4v) is 1.68. The number of nitrogens with zero attached hydrogens (tertiary/aromatic N) is 4. The lowest BCUT2D eigenvalue weighted by Crippen LogP contribution is -2.40. The summed E-state index contributed by atoms with van der Waals surface area (Å²) < 4.78 is 19.0. The molecule has 0 aromatic rings. The first kappa shape index (κ1) is 22.9. The predicted molar refractivity (Wildman–Crippen MR) is 98.3 cm³/mol. The smallest absolute Gasteiger partial charge is 0.215 e. The van der Waals surface area contributed by atoms with Gasteiger partial charge in [-0.05, 0) is 40.6 Å². The van der Waals surface area contributed by atoms with E-state index >= 15 is 0 Å². The van der Waals surface area contributed by atoms with Crippen LogP contribution in [0.4, 0.5) is 4.39 Å². The number of hydrogen-bond donors (Lipinski definition) is 2. The second kappa shape index (κ2) is 12.3. The van der Waals surface area contributed by atoms with Gasteiger partial charge in [-0.1, -0.05) is 5.16 Å². The predicted octanol–water partition coefficient (Wildman–Crippen LogP) is 1.43. The largest absolute Gasteiger partial charge is 0.398 e. The molecule has 25 heavy (non-hydrogen) atoms. The molecular weight excluding hydrogens is 329 g/mol. The Balaban J connectivity index is 5.11. The molecule has 0 fully saturated rings. The van der Waals surface area contributed by atoms with Crippen LogP contribution >= 0.6 is 0 Å². The summed E-state index contributed by atoms with van der Waals surface area (Å²) in [4.78, 5) is 14.2. The summed E-state index contributed by atoms with van der Waals surface area (Å²) in [6.45, 7) is 8.38. The van der Waals surface area contributed by atoms with Crippen molar-refractivity contribution < 1.29 is 19.1 Å². The Bertz CT molecular complexity index is 534. The molecule has 0 aliphatic carbocycles. The van der Waals surface area contributed by atoms with Crippen molar-refractivity contribution >= 4 is 18.8 Å². The highest BCUT2D eigenvalue weighted by Gasteiger charge is 2.21. The van der Waals surface area contributed by atoms with E-state index in [0.29, 0.717) is 11.3 Å². The monoisotopic (exact) mass is 357 g/mol. The van der Waals surface area contributed by atoms with Crippen LogP contribution in [0.25, 0.3) is 0 Å². The van der Waals surface area contributed by atoms with E-state index in [0.717, 1.165) is 0 Å². The van der Waals surface area contributed by atoms with Crippen LogP contribution in [0.2, 0.25) is 0 Å². The number of ether oxygens (including phenoxy) is 1. The summed E-state index contributed by atoms with van der Waals surface area (Å²) >= 11 is 0. The molecule has 0 aromatic carbocycles. The van der Waals surface area contributed by atoms with Crippen molar-refractivity contribution in [2.45, 2.75) is 39.4 Å². The van der Waals surface area contributed by atoms with Crippen LogP contribution in [0.3, 0.4) is 0 Å². The zero-order valence-electron chi connectivity index (χ0n) is 15.4. The van der Waals surface area contributed by atoms with Gasteiger partial charge in [-0.2, -0.15) is 0 Å². The van der Waals surface area contributed by atoms with E-state index < -0.39 is 18.6 Å². The Morgan fingerprint density at radius 3 is 2.64 bits per heavy atom. The Morgan fingerprint density at radius 2 is 2.12 bits per heavy atom. The number of allylic oxidation sites excluding steroid dienone is 1. The number of aliphatic hydroxyl groups excluding tert-OH is 1. The van der Waals surface area contributed by atoms with Crippen molar-refractivity contribution in [3.05, 3.63) is 23.6 Å². The minimum Gasteiger partial charge on any atom is -0.398 e. The first-order valence-electron chi connectivity index (χ1n) is 7.65. The minimum absolute atomic E-state index is 0.0644. The molecule has 0 spiro atoms. The maximum absolute atomic E-state index is 14.3. The van der Waals surface area contributed by atoms with Gasteiger partial charge in [-0.25, -0.2) is 9.38 Å². The van der Waals surface area contributed by atoms with Gasteiger partial charge in [0, 0.05) is 31.1 Å². The van der Waals surface area contributed by atoms with Crippen LogP contribution in [0.1, 0.15) is 20.8 Å². The van der Waals surface area contributed by atoms with E-state index in [1.165, 1.54) is 37.6 Å². The second-order valence-corrected chi connectivity index (χ2v) is 5.22. The minimum atomic E-state index is -1.35. The van der Waals surface area contributed by atoms with E-state index in [-0.39, 0.29) is 12.4 Å². The zero-order valence-corrected chi connectivity index (χ0v) is 15.4. The maximum Gasteiger partial charge on any atom is 0.215 e. The molecule has 0 saturated heterocycles. The first-order valence-corrected chi connectivity index (χ1v) is 7.65. The Morgan fingerprint density at radius 1 is 1.48 bits per heavy atom. The standard InChI is InChI=1S/C16H28FN5O3/c1-7-20-25-9-8-14(18)11(2)15(19-4)21-12(3)13(17)10-22(5)16(23)24-6/h7-9,12-13,16,23H,4,10,18H2,1-3,5-6H3/b9-8+,14-11?,20-7+,21-15?/t12-,13+,16?/m0/s1. The number of aliphatic imine (C=N–C) groups is 2. The zero-order chi connectivity index (χ0) is 19.4. The van der Waals surface area contributed by atoms with Gasteiger partial charge < -0.3 is 20.4 Å². The van der Waals surface area contributed by atoms with E-state index in [4.69, 9.17) is 15.3 Å². The van der Waals surface area contributed by atoms with Crippen molar-refractivity contribution in [1.82, 2.24) is 4.90 Å². The second-order valence-electron chi connectivity index (χ2n) is 5.22. The molecule has 8 nitrogen and oxygen atoms in total. The topological polar surface area (TPSA) is 105 Å². The third-order valence-electron chi connectivity index (χ3n) is 3.29. The molecule has 0 heterocycles. The number of rotatable bonds is 10. The quantitative estimate of drug-likeness (QED) is 0.154. The molecule has 0 aliphatic heterocycles. The van der Waals surface area contributed by atoms with Gasteiger partial charge in [0.1, 0.15) is 12.4 Å². The van der Waals surface area contributed by atoms with Gasteiger partial charge in [0.25, 0.3) is 0 Å². The Labute approximate surface area is 148 Å². The molecule has 0 aliphatic rings. The molecule has 0 saturated carbocycles. The number of nitrogens with two attached hydrogens (primary N) is 1. The summed E-state index contributed by atoms with van der Waals surface area (Å²) in [5.74, 6) is 0.228. The third kappa shape index (κ3) is 8.52. The fraction of sp³-hybridized carbons (Fsp3) is 0.562. The summed E-state index contributed by atoms with van der Waals surface area (Å²) in [5.41, 5.74) is 6.77. The number of alkyl halides is 1. The number of halogens is 1. The van der Waals surface area contributed by atoms with Crippen LogP contribution in [0, 0.1) is 0 Å². The molecule has 3 N–H and O–H groups in total. The third-order valence-corrected chi connectivity index (χ3v) is 3.29. The van der Waals surface area contributed by atoms with Gasteiger partial charge in [-0.3, -0.25) is 9.89 Å². The van der Waals surface area contributed by atoms with Crippen molar-refractivity contribution in [2.24, 2.45) is 20.9 Å². The fourth-order valence-electron chi connectivity index (χ4n) is 1.68. The molecule has 0 rings (SSSR count). The molecule has 0 amide bonds. The molecule has 3 atom stereocenters. The van der Waals surface area contributed by atoms with Gasteiger partial charge in [0.15, 0.2) is 5.84 Å². The maximum atomic E-state index is 14.3. The Kier molecular flexibility index (Phi) is 11.3. The van der Waals surface area contributed by atoms with Crippen molar-refractivity contribution in [1.29, 1.82) is 0 Å². The average Bonchev–Trinajstić information content (AvgIpc) is 2.61. The van der Waals surface area contributed by atoms with Crippen LogP contribution in [0.15, 0.2) is 38.7 Å². The van der Waals surface area contributed by atoms with Crippen LogP contribution < -0.4 is 5.73 Å². The van der Waals surface area contributed by atoms with Crippen molar-refractivity contribution in [2.75, 3.05) is 20.7 Å². The molecule has 0 bridgehead atoms. The highest BCUT2D eigenvalue weighted by Crippen LogP contribution is 2.11. The molecule has 0 aromatic heterocycles. The molecule has 0 radical (unpaired) electrons. The van der Waals surface area contributed by atoms with Crippen molar-refractivity contribution in [3.63, 3.8) is 0 Å². The van der Waals surface area contributed by atoms with Crippen LogP contribution in [-0.4, -0.2) is 68.1 Å². The highest BCUT2D eigenvalue weighted by molar-refractivity contribution is 6.01. The van der Waals surface area contributed by atoms with E-state index in [2.05, 4.69) is 21.9 Å². The molecular formula is C16H28FN5O3. The molecule has 1 unspecified atom stereocenters. The van der Waals surface area contributed by atoms with Gasteiger partial charge >= 0.3 is 0 Å². The SMILES string of the molecule is C=NC(=N[C@@H](C)[C@H](F)CN(C)C(O)OC)C(C)=C(N)/C=C/O/N=C/C. The molecule has 142 valence electrons. The van der Waals surface area contributed by atoms with Gasteiger partial charge in [-0.15, -0.1) is 0 Å². The van der Waals surface area contributed by atoms with Crippen LogP contribution in [0.5, 0.6) is 0 Å². The van der Waals surface area contributed by atoms with Gasteiger partial charge in [0.05, 0.1) is 6.04 Å². The summed E-state index contributed by atoms with van der Waals surface area (Å²) in [5, 5.41) is 13.0. The summed E-state index contributed by atoms with van der Waals surface area (Å²) in [6.07, 6.45) is 1.75. The van der Waals surface area contributed by atoms with Crippen molar-refractivity contribution in [3.8, 4) is 0 Å². The van der Waals surface area contributed by atoms with E-state index in [1.807, 2.05) is 0 Å². The number of aliphatic hydroxyl groups is 1. The van der Waals surface area contributed by atoms with Gasteiger partial charge in [0.2, 0.25) is 6.41 Å². The summed E-state index contributed by atoms with van der Waals surface area (Å²) in [7, 11) is 2.87. The first-order chi connectivity index (χ1) is 11.8. The lowest BCUT2D eigenvalue weighted by molar-refractivity contribution is -0.171. The molecule has 9 heteroatoms. The highest BCUT2D eigenvalue weighted by atomic mass is 19.1. The number of methoxy groups -OCH3 is 1.